The molecular weight excluding hydrogens is 278 g/mol. The average molecular weight is 297 g/mol. The van der Waals surface area contributed by atoms with Crippen LogP contribution >= 0.6 is 0 Å². The Kier molecular flexibility index (Phi) is 4.00. The van der Waals surface area contributed by atoms with Crippen LogP contribution in [-0.2, 0) is 10.0 Å². The Morgan fingerprint density at radius 1 is 1.30 bits per heavy atom. The number of carbonyl (C=O) groups excluding carboxylic acids is 1. The monoisotopic (exact) mass is 297 g/mol. The fourth-order valence-electron chi connectivity index (χ4n) is 1.83. The van der Waals surface area contributed by atoms with Gasteiger partial charge in [-0.2, -0.15) is 0 Å². The minimum atomic E-state index is -3.70. The molecule has 1 aliphatic rings. The number of nitrogens with one attached hydrogen (secondary N) is 1. The smallest absolute Gasteiger partial charge is 0.241 e. The molecule has 0 radical (unpaired) electrons. The molecule has 0 spiro atoms. The molecule has 0 amide bonds. The molecule has 0 bridgehead atoms. The van der Waals surface area contributed by atoms with Crippen molar-refractivity contribution in [3.05, 3.63) is 29.8 Å². The van der Waals surface area contributed by atoms with Gasteiger partial charge in [0.15, 0.2) is 5.78 Å². The molecule has 0 unspecified atom stereocenters. The maximum absolute atomic E-state index is 12.1. The lowest BCUT2D eigenvalue weighted by molar-refractivity contribution is 0.0967. The highest BCUT2D eigenvalue weighted by Gasteiger charge is 2.31. The first kappa shape index (κ1) is 15.2. The van der Waals surface area contributed by atoms with Crippen LogP contribution in [0.3, 0.4) is 0 Å². The third-order valence-electron chi connectivity index (χ3n) is 3.20. The van der Waals surface area contributed by atoms with Crippen molar-refractivity contribution in [2.45, 2.75) is 37.1 Å². The summed E-state index contributed by atoms with van der Waals surface area (Å²) in [6, 6.07) is 5.93. The highest BCUT2D eigenvalue weighted by Crippen LogP contribution is 2.32. The van der Waals surface area contributed by atoms with E-state index < -0.39 is 15.6 Å². The number of aliphatic hydroxyl groups excluding tert-OH is 1. The molecule has 0 aliphatic heterocycles. The van der Waals surface area contributed by atoms with Crippen LogP contribution in [0.5, 0.6) is 0 Å². The molecule has 5 nitrogen and oxygen atoms in total. The Morgan fingerprint density at radius 2 is 1.85 bits per heavy atom. The molecule has 2 rings (SSSR count). The van der Waals surface area contributed by atoms with Crippen LogP contribution in [0.2, 0.25) is 0 Å². The van der Waals surface area contributed by atoms with Crippen molar-refractivity contribution in [2.24, 2.45) is 5.92 Å². The van der Waals surface area contributed by atoms with Crippen molar-refractivity contribution in [2.75, 3.05) is 6.61 Å². The van der Waals surface area contributed by atoms with E-state index in [1.54, 1.807) is 26.0 Å². The van der Waals surface area contributed by atoms with E-state index in [4.69, 9.17) is 5.11 Å². The van der Waals surface area contributed by atoms with Gasteiger partial charge in [-0.25, -0.2) is 13.1 Å². The standard InChI is InChI=1S/C14H19NO4S/c1-14(2,9-16)15-20(18,19)12-7-5-11(6-8-12)13(17)10-3-4-10/h5-8,10,15-16H,3-4,9H2,1-2H3. The van der Waals surface area contributed by atoms with E-state index in [9.17, 15) is 13.2 Å². The molecule has 0 heterocycles. The Hall–Kier alpha value is -1.24. The van der Waals surface area contributed by atoms with E-state index in [0.29, 0.717) is 5.56 Å². The number of benzene rings is 1. The van der Waals surface area contributed by atoms with E-state index >= 15 is 0 Å². The van der Waals surface area contributed by atoms with Crippen molar-refractivity contribution in [1.29, 1.82) is 0 Å². The van der Waals surface area contributed by atoms with Gasteiger partial charge in [0.2, 0.25) is 10.0 Å². The largest absolute Gasteiger partial charge is 0.394 e. The molecule has 20 heavy (non-hydrogen) atoms. The summed E-state index contributed by atoms with van der Waals surface area (Å²) in [6.07, 6.45) is 1.84. The van der Waals surface area contributed by atoms with Crippen LogP contribution in [0.25, 0.3) is 0 Å². The first-order chi connectivity index (χ1) is 9.25. The predicted octanol–water partition coefficient (Wildman–Crippen LogP) is 1.33. The van der Waals surface area contributed by atoms with Gasteiger partial charge in [0.1, 0.15) is 0 Å². The maximum atomic E-state index is 12.1. The van der Waals surface area contributed by atoms with Crippen molar-refractivity contribution in [3.63, 3.8) is 0 Å². The van der Waals surface area contributed by atoms with Crippen LogP contribution < -0.4 is 4.72 Å². The van der Waals surface area contributed by atoms with Gasteiger partial charge in [-0.15, -0.1) is 0 Å². The molecule has 1 saturated carbocycles. The Balaban J connectivity index is 2.18. The quantitative estimate of drug-likeness (QED) is 0.776. The molecular formula is C14H19NO4S. The van der Waals surface area contributed by atoms with Gasteiger partial charge < -0.3 is 5.11 Å². The zero-order valence-electron chi connectivity index (χ0n) is 11.6. The fraction of sp³-hybridized carbons (Fsp3) is 0.500. The molecule has 1 aliphatic carbocycles. The summed E-state index contributed by atoms with van der Waals surface area (Å²) in [6.45, 7) is 2.88. The van der Waals surface area contributed by atoms with Crippen molar-refractivity contribution in [3.8, 4) is 0 Å². The van der Waals surface area contributed by atoms with Gasteiger partial charge in [-0.05, 0) is 38.8 Å². The van der Waals surface area contributed by atoms with E-state index in [1.807, 2.05) is 0 Å². The van der Waals surface area contributed by atoms with Gasteiger partial charge in [0.05, 0.1) is 17.0 Å². The van der Waals surface area contributed by atoms with Crippen LogP contribution in [-0.4, -0.2) is 31.5 Å². The molecule has 1 fully saturated rings. The minimum Gasteiger partial charge on any atom is -0.394 e. The topological polar surface area (TPSA) is 83.5 Å². The highest BCUT2D eigenvalue weighted by molar-refractivity contribution is 7.89. The van der Waals surface area contributed by atoms with Crippen LogP contribution in [0.15, 0.2) is 29.2 Å². The molecule has 1 aromatic rings. The number of carbonyl (C=O) groups is 1. The Bertz CT molecular complexity index is 601. The summed E-state index contributed by atoms with van der Waals surface area (Å²) in [5.41, 5.74) is -0.380. The second-order valence-electron chi connectivity index (χ2n) is 5.81. The third-order valence-corrected chi connectivity index (χ3v) is 4.92. The van der Waals surface area contributed by atoms with Crippen LogP contribution in [0.1, 0.15) is 37.0 Å². The van der Waals surface area contributed by atoms with Crippen LogP contribution in [0, 0.1) is 5.92 Å². The second-order valence-corrected chi connectivity index (χ2v) is 7.49. The molecule has 2 N–H and O–H groups in total. The number of hydrogen-bond acceptors (Lipinski definition) is 4. The SMILES string of the molecule is CC(C)(CO)NS(=O)(=O)c1ccc(C(=O)C2CC2)cc1. The first-order valence-electron chi connectivity index (χ1n) is 6.54. The molecule has 1 aromatic carbocycles. The van der Waals surface area contributed by atoms with Crippen molar-refractivity contribution in [1.82, 2.24) is 4.72 Å². The normalized spacial score (nSPS) is 16.1. The first-order valence-corrected chi connectivity index (χ1v) is 8.03. The van der Waals surface area contributed by atoms with Crippen LogP contribution in [0.4, 0.5) is 0 Å². The summed E-state index contributed by atoms with van der Waals surface area (Å²) in [5.74, 6) is 0.196. The predicted molar refractivity (Wildman–Crippen MR) is 75.0 cm³/mol. The van der Waals surface area contributed by atoms with Crippen molar-refractivity contribution >= 4 is 15.8 Å². The molecule has 0 aromatic heterocycles. The van der Waals surface area contributed by atoms with E-state index in [2.05, 4.69) is 4.72 Å². The highest BCUT2D eigenvalue weighted by atomic mass is 32.2. The van der Waals surface area contributed by atoms with Gasteiger partial charge in [-0.3, -0.25) is 4.79 Å². The van der Waals surface area contributed by atoms with E-state index in [1.165, 1.54) is 12.1 Å². The van der Waals surface area contributed by atoms with Crippen molar-refractivity contribution < 1.29 is 18.3 Å². The van der Waals surface area contributed by atoms with E-state index in [0.717, 1.165) is 12.8 Å². The lowest BCUT2D eigenvalue weighted by Gasteiger charge is -2.23. The number of rotatable bonds is 6. The lowest BCUT2D eigenvalue weighted by Crippen LogP contribution is -2.46. The Morgan fingerprint density at radius 3 is 2.30 bits per heavy atom. The molecule has 0 atom stereocenters. The fourth-order valence-corrected chi connectivity index (χ4v) is 3.24. The number of sulfonamides is 1. The zero-order valence-corrected chi connectivity index (χ0v) is 12.4. The second kappa shape index (κ2) is 5.27. The maximum Gasteiger partial charge on any atom is 0.241 e. The van der Waals surface area contributed by atoms with E-state index in [-0.39, 0.29) is 23.2 Å². The van der Waals surface area contributed by atoms with Gasteiger partial charge in [-0.1, -0.05) is 12.1 Å². The summed E-state index contributed by atoms with van der Waals surface area (Å²) in [5, 5.41) is 9.12. The summed E-state index contributed by atoms with van der Waals surface area (Å²) in [7, 11) is -3.70. The molecule has 110 valence electrons. The molecule has 6 heteroatoms. The average Bonchev–Trinajstić information content (AvgIpc) is 3.21. The third kappa shape index (κ3) is 3.45. The molecule has 0 saturated heterocycles. The summed E-state index contributed by atoms with van der Waals surface area (Å²) in [4.78, 5) is 11.9. The minimum absolute atomic E-state index is 0.0811. The lowest BCUT2D eigenvalue weighted by atomic mass is 10.1. The number of hydrogen-bond donors (Lipinski definition) is 2. The van der Waals surface area contributed by atoms with Gasteiger partial charge in [0, 0.05) is 11.5 Å². The Labute approximate surface area is 119 Å². The van der Waals surface area contributed by atoms with Gasteiger partial charge >= 0.3 is 0 Å². The number of ketones is 1. The summed E-state index contributed by atoms with van der Waals surface area (Å²) >= 11 is 0. The summed E-state index contributed by atoms with van der Waals surface area (Å²) < 4.78 is 26.7. The zero-order chi connectivity index (χ0) is 15.0. The number of Topliss-reactive ketones (excluding diaryl/α,β-unsaturated/α-hetero) is 1. The van der Waals surface area contributed by atoms with Gasteiger partial charge in [0.25, 0.3) is 0 Å². The number of aliphatic hydroxyl groups is 1.